The van der Waals surface area contributed by atoms with Gasteiger partial charge in [-0.05, 0) is 48.9 Å². The van der Waals surface area contributed by atoms with Crippen LogP contribution < -0.4 is 15.6 Å². The van der Waals surface area contributed by atoms with Crippen LogP contribution in [0.2, 0.25) is 0 Å². The smallest absolute Gasteiger partial charge is 0.0569 e. The molecule has 0 radical (unpaired) electrons. The van der Waals surface area contributed by atoms with Gasteiger partial charge in [0.25, 0.3) is 0 Å². The molecular formula is C18H21N3. The average Bonchev–Trinajstić information content (AvgIpc) is 2.56. The summed E-state index contributed by atoms with van der Waals surface area (Å²) in [7, 11) is 0. The summed E-state index contributed by atoms with van der Waals surface area (Å²) in [5.41, 5.74) is 9.18. The van der Waals surface area contributed by atoms with Crippen molar-refractivity contribution < 1.29 is 0 Å². The van der Waals surface area contributed by atoms with Crippen LogP contribution in [-0.4, -0.2) is 13.1 Å². The molecule has 0 aromatic heterocycles. The van der Waals surface area contributed by atoms with Crippen LogP contribution in [0.3, 0.4) is 0 Å². The van der Waals surface area contributed by atoms with Crippen molar-refractivity contribution in [2.75, 3.05) is 23.1 Å². The molecule has 0 saturated heterocycles. The zero-order chi connectivity index (χ0) is 14.1. The summed E-state index contributed by atoms with van der Waals surface area (Å²) >= 11 is 0. The molecule has 21 heavy (non-hydrogen) atoms. The van der Waals surface area contributed by atoms with E-state index in [1.165, 1.54) is 48.2 Å². The Hall–Kier alpha value is -2.00. The van der Waals surface area contributed by atoms with E-state index in [2.05, 4.69) is 64.1 Å². The fourth-order valence-electron chi connectivity index (χ4n) is 3.42. The van der Waals surface area contributed by atoms with Crippen molar-refractivity contribution in [3.05, 3.63) is 59.7 Å². The summed E-state index contributed by atoms with van der Waals surface area (Å²) < 4.78 is 0. The topological polar surface area (TPSA) is 18.5 Å². The number of anilines is 2. The molecule has 2 aliphatic heterocycles. The van der Waals surface area contributed by atoms with Gasteiger partial charge in [-0.2, -0.15) is 0 Å². The Morgan fingerprint density at radius 1 is 0.667 bits per heavy atom. The molecule has 1 N–H and O–H groups in total. The SMILES string of the molecule is c1ccc2c(c1)CCCN2NN1CCCc2ccccc21. The molecule has 108 valence electrons. The Morgan fingerprint density at radius 2 is 1.14 bits per heavy atom. The molecule has 2 aromatic carbocycles. The Labute approximate surface area is 126 Å². The lowest BCUT2D eigenvalue weighted by Crippen LogP contribution is -2.53. The monoisotopic (exact) mass is 279 g/mol. The van der Waals surface area contributed by atoms with E-state index >= 15 is 0 Å². The van der Waals surface area contributed by atoms with Crippen LogP contribution in [0.1, 0.15) is 24.0 Å². The first-order valence-electron chi connectivity index (χ1n) is 7.89. The minimum absolute atomic E-state index is 1.07. The zero-order valence-corrected chi connectivity index (χ0v) is 12.3. The van der Waals surface area contributed by atoms with Crippen LogP contribution in [0.4, 0.5) is 11.4 Å². The number of hydrogen-bond donors (Lipinski definition) is 1. The van der Waals surface area contributed by atoms with Gasteiger partial charge in [-0.3, -0.25) is 10.0 Å². The number of fused-ring (bicyclic) bond motifs is 2. The van der Waals surface area contributed by atoms with Crippen molar-refractivity contribution >= 4 is 11.4 Å². The molecule has 0 aliphatic carbocycles. The van der Waals surface area contributed by atoms with Crippen molar-refractivity contribution in [1.29, 1.82) is 0 Å². The molecule has 2 heterocycles. The van der Waals surface area contributed by atoms with Crippen molar-refractivity contribution in [3.63, 3.8) is 0 Å². The highest BCUT2D eigenvalue weighted by molar-refractivity contribution is 5.58. The van der Waals surface area contributed by atoms with Gasteiger partial charge in [0.05, 0.1) is 11.4 Å². The number of hydrazine groups is 2. The Morgan fingerprint density at radius 3 is 1.67 bits per heavy atom. The average molecular weight is 279 g/mol. The Balaban J connectivity index is 1.61. The third-order valence-electron chi connectivity index (χ3n) is 4.46. The Bertz CT molecular complexity index is 582. The fourth-order valence-corrected chi connectivity index (χ4v) is 3.42. The molecule has 0 fully saturated rings. The van der Waals surface area contributed by atoms with Crippen molar-refractivity contribution in [1.82, 2.24) is 5.53 Å². The number of hydrogen-bond acceptors (Lipinski definition) is 3. The van der Waals surface area contributed by atoms with Gasteiger partial charge in [0, 0.05) is 13.1 Å². The van der Waals surface area contributed by atoms with Gasteiger partial charge in [-0.25, -0.2) is 0 Å². The molecule has 0 saturated carbocycles. The standard InChI is InChI=1S/C18H21N3/c1-3-11-17-15(7-1)9-5-13-20(17)19-21-14-6-10-16-8-2-4-12-18(16)21/h1-4,7-8,11-12,19H,5-6,9-10,13-14H2. The van der Waals surface area contributed by atoms with E-state index < -0.39 is 0 Å². The van der Waals surface area contributed by atoms with Gasteiger partial charge in [0.2, 0.25) is 0 Å². The van der Waals surface area contributed by atoms with Gasteiger partial charge in [0.15, 0.2) is 0 Å². The summed E-state index contributed by atoms with van der Waals surface area (Å²) in [5, 5.41) is 4.61. The van der Waals surface area contributed by atoms with Gasteiger partial charge >= 0.3 is 0 Å². The van der Waals surface area contributed by atoms with E-state index in [-0.39, 0.29) is 0 Å². The molecule has 4 rings (SSSR count). The van der Waals surface area contributed by atoms with Crippen LogP contribution in [-0.2, 0) is 12.8 Å². The minimum Gasteiger partial charge on any atom is -0.290 e. The fraction of sp³-hybridized carbons (Fsp3) is 0.333. The minimum atomic E-state index is 1.07. The number of benzene rings is 2. The van der Waals surface area contributed by atoms with E-state index in [0.717, 1.165) is 13.1 Å². The van der Waals surface area contributed by atoms with Crippen LogP contribution in [0.5, 0.6) is 0 Å². The lowest BCUT2D eigenvalue weighted by atomic mass is 10.0. The lowest BCUT2D eigenvalue weighted by molar-refractivity contribution is 0.526. The molecule has 3 nitrogen and oxygen atoms in total. The Kier molecular flexibility index (Phi) is 3.28. The first-order chi connectivity index (χ1) is 10.4. The van der Waals surface area contributed by atoms with E-state index in [4.69, 9.17) is 0 Å². The van der Waals surface area contributed by atoms with Crippen molar-refractivity contribution in [3.8, 4) is 0 Å². The first-order valence-corrected chi connectivity index (χ1v) is 7.89. The molecule has 0 amide bonds. The maximum absolute atomic E-state index is 3.64. The second kappa shape index (κ2) is 5.41. The van der Waals surface area contributed by atoms with Crippen LogP contribution in [0.15, 0.2) is 48.5 Å². The number of aryl methyl sites for hydroxylation is 2. The second-order valence-corrected chi connectivity index (χ2v) is 5.87. The third-order valence-corrected chi connectivity index (χ3v) is 4.46. The molecule has 0 unspecified atom stereocenters. The van der Waals surface area contributed by atoms with Crippen LogP contribution in [0, 0.1) is 0 Å². The van der Waals surface area contributed by atoms with Crippen LogP contribution >= 0.6 is 0 Å². The summed E-state index contributed by atoms with van der Waals surface area (Å²) in [5.74, 6) is 0. The van der Waals surface area contributed by atoms with E-state index in [1.54, 1.807) is 0 Å². The van der Waals surface area contributed by atoms with Gasteiger partial charge in [0.1, 0.15) is 0 Å². The van der Waals surface area contributed by atoms with Gasteiger partial charge in [-0.15, -0.1) is 5.53 Å². The summed E-state index contributed by atoms with van der Waals surface area (Å²) in [4.78, 5) is 0. The molecule has 2 aliphatic rings. The second-order valence-electron chi connectivity index (χ2n) is 5.87. The van der Waals surface area contributed by atoms with Crippen LogP contribution in [0.25, 0.3) is 0 Å². The van der Waals surface area contributed by atoms with Crippen molar-refractivity contribution in [2.45, 2.75) is 25.7 Å². The molecule has 0 bridgehead atoms. The highest BCUT2D eigenvalue weighted by atomic mass is 15.8. The third kappa shape index (κ3) is 2.38. The van der Waals surface area contributed by atoms with E-state index in [9.17, 15) is 0 Å². The van der Waals surface area contributed by atoms with Gasteiger partial charge < -0.3 is 0 Å². The zero-order valence-electron chi connectivity index (χ0n) is 12.3. The van der Waals surface area contributed by atoms with E-state index in [1.807, 2.05) is 0 Å². The van der Waals surface area contributed by atoms with Crippen molar-refractivity contribution in [2.24, 2.45) is 0 Å². The number of nitrogens with zero attached hydrogens (tertiary/aromatic N) is 2. The normalized spacial score (nSPS) is 17.3. The maximum atomic E-state index is 3.64. The highest BCUT2D eigenvalue weighted by Gasteiger charge is 2.21. The largest absolute Gasteiger partial charge is 0.290 e. The predicted octanol–water partition coefficient (Wildman–Crippen LogP) is 3.31. The maximum Gasteiger partial charge on any atom is 0.0569 e. The molecule has 3 heteroatoms. The quantitative estimate of drug-likeness (QED) is 0.910. The number of nitrogens with one attached hydrogen (secondary N) is 1. The molecular weight excluding hydrogens is 258 g/mol. The summed E-state index contributed by atoms with van der Waals surface area (Å²) in [6.07, 6.45) is 4.79. The first kappa shape index (κ1) is 12.7. The highest BCUT2D eigenvalue weighted by Crippen LogP contribution is 2.28. The molecule has 2 aromatic rings. The molecule has 0 spiro atoms. The van der Waals surface area contributed by atoms with E-state index in [0.29, 0.717) is 0 Å². The molecule has 0 atom stereocenters. The lowest BCUT2D eigenvalue weighted by Gasteiger charge is -2.39. The summed E-state index contributed by atoms with van der Waals surface area (Å²) in [6, 6.07) is 17.5. The number of rotatable bonds is 2. The van der Waals surface area contributed by atoms with Gasteiger partial charge in [-0.1, -0.05) is 36.4 Å². The summed E-state index contributed by atoms with van der Waals surface area (Å²) in [6.45, 7) is 2.13. The predicted molar refractivity (Wildman–Crippen MR) is 87.4 cm³/mol. The number of para-hydroxylation sites is 2.